The van der Waals surface area contributed by atoms with E-state index >= 15 is 0 Å². The first kappa shape index (κ1) is 11.1. The molecule has 1 fully saturated rings. The smallest absolute Gasteiger partial charge is 0.323 e. The summed E-state index contributed by atoms with van der Waals surface area (Å²) >= 11 is 0. The molecule has 6 nitrogen and oxygen atoms in total. The molecule has 0 radical (unpaired) electrons. The minimum Gasteiger partial charge on any atom is -0.480 e. The van der Waals surface area contributed by atoms with E-state index in [0.717, 1.165) is 5.69 Å². The van der Waals surface area contributed by atoms with Gasteiger partial charge in [0, 0.05) is 26.3 Å². The van der Waals surface area contributed by atoms with Gasteiger partial charge in [0.15, 0.2) is 0 Å². The molecule has 0 bridgehead atoms. The van der Waals surface area contributed by atoms with E-state index in [1.165, 1.54) is 0 Å². The van der Waals surface area contributed by atoms with Crippen molar-refractivity contribution in [1.29, 1.82) is 0 Å². The highest BCUT2D eigenvalue weighted by molar-refractivity contribution is 5.73. The number of nitrogens with zero attached hydrogens (tertiary/aromatic N) is 3. The summed E-state index contributed by atoms with van der Waals surface area (Å²) in [5.74, 6) is -0.837. The monoisotopic (exact) mass is 225 g/mol. The quantitative estimate of drug-likeness (QED) is 0.765. The maximum Gasteiger partial charge on any atom is 0.323 e. The van der Waals surface area contributed by atoms with Crippen LogP contribution < -0.4 is 0 Å². The van der Waals surface area contributed by atoms with Crippen molar-refractivity contribution < 1.29 is 14.6 Å². The molecule has 1 unspecified atom stereocenters. The van der Waals surface area contributed by atoms with Crippen molar-refractivity contribution in [3.05, 3.63) is 18.0 Å². The zero-order valence-corrected chi connectivity index (χ0v) is 9.17. The van der Waals surface area contributed by atoms with Crippen molar-refractivity contribution in [2.75, 3.05) is 19.8 Å². The van der Waals surface area contributed by atoms with E-state index in [4.69, 9.17) is 9.84 Å². The number of carbonyl (C=O) groups is 1. The van der Waals surface area contributed by atoms with Gasteiger partial charge in [-0.05, 0) is 6.07 Å². The van der Waals surface area contributed by atoms with Crippen LogP contribution in [0, 0.1) is 0 Å². The zero-order chi connectivity index (χ0) is 11.5. The van der Waals surface area contributed by atoms with Gasteiger partial charge in [-0.15, -0.1) is 0 Å². The molecule has 0 aromatic carbocycles. The number of aliphatic carboxylic acids is 1. The van der Waals surface area contributed by atoms with E-state index in [9.17, 15) is 4.79 Å². The highest BCUT2D eigenvalue weighted by Gasteiger charge is 2.29. The van der Waals surface area contributed by atoms with Crippen LogP contribution in [0.2, 0.25) is 0 Å². The third-order valence-electron chi connectivity index (χ3n) is 2.66. The summed E-state index contributed by atoms with van der Waals surface area (Å²) in [6.07, 6.45) is 1.85. The Balaban J connectivity index is 2.03. The Morgan fingerprint density at radius 1 is 1.75 bits per heavy atom. The fourth-order valence-electron chi connectivity index (χ4n) is 1.81. The lowest BCUT2D eigenvalue weighted by atomic mass is 10.2. The molecule has 16 heavy (non-hydrogen) atoms. The van der Waals surface area contributed by atoms with Gasteiger partial charge in [0.05, 0.1) is 18.9 Å². The number of hydrogen-bond donors (Lipinski definition) is 1. The molecule has 1 saturated heterocycles. The SMILES string of the molecule is Cn1ccc(CN2CCOCC2C(=O)O)n1. The molecule has 2 rings (SSSR count). The average molecular weight is 225 g/mol. The first-order valence-corrected chi connectivity index (χ1v) is 5.20. The summed E-state index contributed by atoms with van der Waals surface area (Å²) in [6, 6.07) is 1.34. The Kier molecular flexibility index (Phi) is 3.21. The van der Waals surface area contributed by atoms with Crippen LogP contribution in [-0.2, 0) is 23.1 Å². The first-order valence-electron chi connectivity index (χ1n) is 5.20. The molecule has 6 heteroatoms. The largest absolute Gasteiger partial charge is 0.480 e. The number of ether oxygens (including phenoxy) is 1. The molecule has 0 spiro atoms. The molecule has 88 valence electrons. The van der Waals surface area contributed by atoms with Gasteiger partial charge in [0.1, 0.15) is 6.04 Å². The third kappa shape index (κ3) is 2.40. The summed E-state index contributed by atoms with van der Waals surface area (Å²) in [5, 5.41) is 13.3. The van der Waals surface area contributed by atoms with Crippen LogP contribution in [0.5, 0.6) is 0 Å². The molecule has 1 aromatic rings. The van der Waals surface area contributed by atoms with Crippen LogP contribution >= 0.6 is 0 Å². The number of aryl methyl sites for hydroxylation is 1. The van der Waals surface area contributed by atoms with Gasteiger partial charge in [-0.3, -0.25) is 14.4 Å². The van der Waals surface area contributed by atoms with E-state index in [1.807, 2.05) is 24.2 Å². The maximum absolute atomic E-state index is 11.0. The molecule has 1 aliphatic heterocycles. The molecule has 1 atom stereocenters. The lowest BCUT2D eigenvalue weighted by Gasteiger charge is -2.32. The molecule has 1 aliphatic rings. The summed E-state index contributed by atoms with van der Waals surface area (Å²) in [4.78, 5) is 12.9. The van der Waals surface area contributed by atoms with Gasteiger partial charge in [-0.2, -0.15) is 5.10 Å². The summed E-state index contributed by atoms with van der Waals surface area (Å²) in [6.45, 7) is 2.02. The lowest BCUT2D eigenvalue weighted by molar-refractivity contribution is -0.150. The average Bonchev–Trinajstić information content (AvgIpc) is 2.64. The van der Waals surface area contributed by atoms with Crippen LogP contribution in [-0.4, -0.2) is 51.6 Å². The van der Waals surface area contributed by atoms with Gasteiger partial charge in [0.25, 0.3) is 0 Å². The van der Waals surface area contributed by atoms with Gasteiger partial charge in [-0.25, -0.2) is 0 Å². The van der Waals surface area contributed by atoms with Crippen molar-refractivity contribution in [1.82, 2.24) is 14.7 Å². The Labute approximate surface area is 93.4 Å². The Bertz CT molecular complexity index is 377. The number of hydrogen-bond acceptors (Lipinski definition) is 4. The standard InChI is InChI=1S/C10H15N3O3/c1-12-3-2-8(11-12)6-13-4-5-16-7-9(13)10(14)15/h2-3,9H,4-7H2,1H3,(H,14,15). The van der Waals surface area contributed by atoms with Gasteiger partial charge in [-0.1, -0.05) is 0 Å². The van der Waals surface area contributed by atoms with Crippen LogP contribution in [0.4, 0.5) is 0 Å². The molecular weight excluding hydrogens is 210 g/mol. The fraction of sp³-hybridized carbons (Fsp3) is 0.600. The summed E-state index contributed by atoms with van der Waals surface area (Å²) < 4.78 is 6.88. The van der Waals surface area contributed by atoms with Crippen LogP contribution in [0.25, 0.3) is 0 Å². The molecule has 0 aliphatic carbocycles. The summed E-state index contributed by atoms with van der Waals surface area (Å²) in [7, 11) is 1.84. The van der Waals surface area contributed by atoms with Crippen molar-refractivity contribution in [2.24, 2.45) is 7.05 Å². The third-order valence-corrected chi connectivity index (χ3v) is 2.66. The fourth-order valence-corrected chi connectivity index (χ4v) is 1.81. The van der Waals surface area contributed by atoms with Crippen LogP contribution in [0.3, 0.4) is 0 Å². The second-order valence-electron chi connectivity index (χ2n) is 3.88. The van der Waals surface area contributed by atoms with Gasteiger partial charge < -0.3 is 9.84 Å². The topological polar surface area (TPSA) is 67.6 Å². The molecule has 2 heterocycles. The molecule has 1 N–H and O–H groups in total. The highest BCUT2D eigenvalue weighted by Crippen LogP contribution is 2.11. The predicted octanol–water partition coefficient (Wildman–Crippen LogP) is -0.295. The van der Waals surface area contributed by atoms with Crippen molar-refractivity contribution in [3.8, 4) is 0 Å². The minimum atomic E-state index is -0.837. The highest BCUT2D eigenvalue weighted by atomic mass is 16.5. The van der Waals surface area contributed by atoms with Gasteiger partial charge in [0.2, 0.25) is 0 Å². The first-order chi connectivity index (χ1) is 7.66. The van der Waals surface area contributed by atoms with Crippen LogP contribution in [0.1, 0.15) is 5.69 Å². The number of morpholine rings is 1. The lowest BCUT2D eigenvalue weighted by Crippen LogP contribution is -2.49. The van der Waals surface area contributed by atoms with E-state index in [2.05, 4.69) is 5.10 Å². The second kappa shape index (κ2) is 4.63. The van der Waals surface area contributed by atoms with E-state index in [1.54, 1.807) is 4.68 Å². The number of rotatable bonds is 3. The maximum atomic E-state index is 11.0. The second-order valence-corrected chi connectivity index (χ2v) is 3.88. The van der Waals surface area contributed by atoms with E-state index in [-0.39, 0.29) is 6.61 Å². The zero-order valence-electron chi connectivity index (χ0n) is 9.17. The Morgan fingerprint density at radius 2 is 2.56 bits per heavy atom. The van der Waals surface area contributed by atoms with Crippen molar-refractivity contribution in [2.45, 2.75) is 12.6 Å². The minimum absolute atomic E-state index is 0.252. The molecule has 1 aromatic heterocycles. The molecule has 0 amide bonds. The van der Waals surface area contributed by atoms with E-state index < -0.39 is 12.0 Å². The number of carboxylic acid groups (broad SMARTS) is 1. The van der Waals surface area contributed by atoms with Crippen LogP contribution in [0.15, 0.2) is 12.3 Å². The number of aromatic nitrogens is 2. The predicted molar refractivity (Wildman–Crippen MR) is 55.9 cm³/mol. The van der Waals surface area contributed by atoms with E-state index in [0.29, 0.717) is 19.7 Å². The summed E-state index contributed by atoms with van der Waals surface area (Å²) in [5.41, 5.74) is 0.885. The molecule has 0 saturated carbocycles. The normalized spacial score (nSPS) is 22.2. The number of carboxylic acids is 1. The Hall–Kier alpha value is -1.40. The Morgan fingerprint density at radius 3 is 3.19 bits per heavy atom. The molecular formula is C10H15N3O3. The van der Waals surface area contributed by atoms with Crippen molar-refractivity contribution >= 4 is 5.97 Å². The van der Waals surface area contributed by atoms with Gasteiger partial charge >= 0.3 is 5.97 Å². The van der Waals surface area contributed by atoms with Crippen molar-refractivity contribution in [3.63, 3.8) is 0 Å².